The summed E-state index contributed by atoms with van der Waals surface area (Å²) >= 11 is 0. The summed E-state index contributed by atoms with van der Waals surface area (Å²) in [6.45, 7) is 8.35. The molecule has 1 N–H and O–H groups in total. The molecule has 1 unspecified atom stereocenters. The number of hydrogen-bond acceptors (Lipinski definition) is 7. The number of aliphatic hydroxyl groups is 1. The third kappa shape index (κ3) is 71.3. The molecule has 0 rings (SSSR count). The van der Waals surface area contributed by atoms with Gasteiger partial charge in [0.05, 0.1) is 0 Å². The maximum atomic E-state index is 10.1. The van der Waals surface area contributed by atoms with E-state index < -0.39 is 0 Å². The molecule has 1 amide bonds. The van der Waals surface area contributed by atoms with Crippen LogP contribution in [-0.2, 0) is 9.63 Å². The van der Waals surface area contributed by atoms with Crippen molar-refractivity contribution < 1.29 is 29.0 Å². The maximum Gasteiger partial charge on any atom is 0.218 e. The fourth-order valence-corrected chi connectivity index (χ4v) is 0.175. The third-order valence-electron chi connectivity index (χ3n) is 2.85. The van der Waals surface area contributed by atoms with Gasteiger partial charge in [0.15, 0.2) is 0 Å². The largest absolute Gasteiger partial charge is 0.569 e. The molecule has 0 aliphatic rings. The minimum atomic E-state index is -0.315. The molecule has 0 saturated carbocycles. The van der Waals surface area contributed by atoms with Crippen molar-refractivity contribution in [1.29, 1.82) is 0 Å². The molecule has 0 heterocycles. The minimum absolute atomic E-state index is 0. The smallest absolute Gasteiger partial charge is 0.218 e. The first kappa shape index (κ1) is 43.0. The number of nitrogens with zero attached hydrogens (tertiary/aromatic N) is 6. The molecule has 1 radical (unpaired) electrons. The van der Waals surface area contributed by atoms with Gasteiger partial charge >= 0.3 is 0 Å². The third-order valence-corrected chi connectivity index (χ3v) is 2.85. The zero-order valence-corrected chi connectivity index (χ0v) is 25.5. The summed E-state index contributed by atoms with van der Waals surface area (Å²) in [6.07, 6.45) is -0.315. The van der Waals surface area contributed by atoms with Gasteiger partial charge in [0.2, 0.25) is 5.91 Å². The normalized spacial score (nSPS) is 10.5. The van der Waals surface area contributed by atoms with Crippen LogP contribution >= 0.6 is 0 Å². The molecule has 0 aromatic rings. The van der Waals surface area contributed by atoms with E-state index in [1.807, 2.05) is 66.1 Å². The van der Waals surface area contributed by atoms with E-state index >= 15 is 0 Å². The quantitative estimate of drug-likeness (QED) is 0.161. The predicted molar refractivity (Wildman–Crippen MR) is 127 cm³/mol. The van der Waals surface area contributed by atoms with Gasteiger partial charge in [-0.2, -0.15) is 0 Å². The van der Waals surface area contributed by atoms with Crippen molar-refractivity contribution in [1.82, 2.24) is 24.5 Å². The van der Waals surface area contributed by atoms with E-state index in [2.05, 4.69) is 43.0 Å². The summed E-state index contributed by atoms with van der Waals surface area (Å²) in [7, 11) is 24.1. The minimum Gasteiger partial charge on any atom is -0.569 e. The molecule has 187 valence electrons. The molecular weight excluding hydrogens is 615 g/mol. The second-order valence-electron chi connectivity index (χ2n) is 7.41. The van der Waals surface area contributed by atoms with Gasteiger partial charge in [0.1, 0.15) is 12.1 Å². The molecule has 1 atom stereocenters. The number of aliphatic hydroxyl groups excluding tert-OH is 1. The van der Waals surface area contributed by atoms with E-state index in [4.69, 9.17) is 5.11 Å². The van der Waals surface area contributed by atoms with Crippen LogP contribution in [0.15, 0.2) is 5.16 Å². The van der Waals surface area contributed by atoms with Crippen molar-refractivity contribution in [3.8, 4) is 0 Å². The van der Waals surface area contributed by atoms with E-state index in [-0.39, 0.29) is 26.4 Å². The summed E-state index contributed by atoms with van der Waals surface area (Å²) in [4.78, 5) is 23.5. The van der Waals surface area contributed by atoms with Crippen LogP contribution in [0, 0.1) is 21.4 Å². The predicted octanol–water partition coefficient (Wildman–Crippen LogP) is 1.42. The Bertz CT molecular complexity index is 356. The van der Waals surface area contributed by atoms with E-state index in [9.17, 15) is 4.79 Å². The molecule has 9 nitrogen and oxygen atoms in total. The van der Waals surface area contributed by atoms with Crippen LogP contribution in [0.5, 0.6) is 0 Å². The van der Waals surface area contributed by atoms with Crippen LogP contribution in [0.25, 0.3) is 0 Å². The number of hydrogen-bond donors (Lipinski definition) is 1. The average molecular weight is 667 g/mol. The van der Waals surface area contributed by atoms with Gasteiger partial charge in [-0.15, -0.1) is 12.3 Å². The van der Waals surface area contributed by atoms with E-state index in [1.54, 1.807) is 25.9 Å². The second-order valence-corrected chi connectivity index (χ2v) is 7.41. The van der Waals surface area contributed by atoms with Crippen LogP contribution in [0.2, 0.25) is 0 Å². The van der Waals surface area contributed by atoms with Crippen molar-refractivity contribution >= 4 is 11.7 Å². The Morgan fingerprint density at radius 1 is 0.933 bits per heavy atom. The van der Waals surface area contributed by atoms with Crippen LogP contribution in [0.3, 0.4) is 0 Å². The molecule has 0 aromatic carbocycles. The molecule has 30 heavy (non-hydrogen) atoms. The Morgan fingerprint density at radius 3 is 1.20 bits per heavy atom. The summed E-state index contributed by atoms with van der Waals surface area (Å²) in [6, 6.07) is 0. The summed E-state index contributed by atoms with van der Waals surface area (Å²) in [5.41, 5.74) is 0. The first-order valence-corrected chi connectivity index (χ1v) is 9.38. The van der Waals surface area contributed by atoms with Crippen LogP contribution in [-0.4, -0.2) is 132 Å². The Morgan fingerprint density at radius 2 is 1.17 bits per heavy atom. The number of rotatable bonds is 3. The molecule has 0 aliphatic carbocycles. The molecular formula is C20H51AmN6O3-. The zero-order valence-electron chi connectivity index (χ0n) is 22.3. The molecule has 10 heteroatoms. The summed E-state index contributed by atoms with van der Waals surface area (Å²) in [5.74, 6) is 0.898. The van der Waals surface area contributed by atoms with Gasteiger partial charge in [-0.25, -0.2) is 0 Å². The number of carbonyl (C=O) groups is 1. The van der Waals surface area contributed by atoms with Gasteiger partial charge in [-0.1, -0.05) is 6.92 Å². The Hall–Kier alpha value is -1.03. The van der Waals surface area contributed by atoms with Crippen LogP contribution in [0.4, 0.5) is 0 Å². The summed E-state index contributed by atoms with van der Waals surface area (Å²) in [5, 5.41) is 12.1. The van der Waals surface area contributed by atoms with Crippen molar-refractivity contribution in [2.45, 2.75) is 33.9 Å². The average Bonchev–Trinajstić information content (AvgIpc) is 2.55. The Balaban J connectivity index is -0.0000000606. The van der Waals surface area contributed by atoms with Crippen molar-refractivity contribution in [2.75, 3.05) is 84.1 Å². The summed E-state index contributed by atoms with van der Waals surface area (Å²) < 4.78 is 0. The van der Waals surface area contributed by atoms with Gasteiger partial charge in [0.25, 0.3) is 0 Å². The molecule has 0 fully saturated rings. The Kier molecular flexibility index (Phi) is 43.2. The van der Waals surface area contributed by atoms with Gasteiger partial charge < -0.3 is 29.5 Å². The first-order valence-electron chi connectivity index (χ1n) is 9.38. The molecule has 0 aliphatic heterocycles. The second kappa shape index (κ2) is 30.2. The molecule has 0 saturated heterocycles. The maximum absolute atomic E-state index is 10.1. The van der Waals surface area contributed by atoms with Gasteiger partial charge in [0, 0.05) is 49.4 Å². The zero-order chi connectivity index (χ0) is 24.7. The van der Waals surface area contributed by atoms with Gasteiger partial charge in [-0.05, 0) is 69.7 Å². The fraction of sp³-hybridized carbons (Fsp3) is 0.850. The van der Waals surface area contributed by atoms with E-state index in [1.165, 1.54) is 11.8 Å². The van der Waals surface area contributed by atoms with Crippen molar-refractivity contribution in [3.63, 3.8) is 0 Å². The number of amides is 1. The van der Waals surface area contributed by atoms with Crippen molar-refractivity contribution in [3.05, 3.63) is 7.11 Å². The number of carbonyl (C=O) groups excluding carboxylic acids is 1. The number of oxime groups is 1. The molecule has 0 bridgehead atoms. The fourth-order valence-electron chi connectivity index (χ4n) is 0.175. The van der Waals surface area contributed by atoms with Crippen LogP contribution in [0.1, 0.15) is 27.7 Å². The topological polar surface area (TPSA) is 75.1 Å². The van der Waals surface area contributed by atoms with Crippen molar-refractivity contribution in [2.24, 2.45) is 5.16 Å². The molecule has 0 aromatic heterocycles. The standard InChI is InChI=1S/C5H11N2O.C4H11NO.C4H9NO.C4H11N.C3H9N.Am/c1-5(6-8-4)7(2)3;2*1-4(6)5(2)3;1-4-5(2)3;1-4(2)3;/h4H2,1-3H3;4,6H,1-3H3;1-3H3;4H2,1-3H3;1-3H3;/q-1;;;;;/b6-5-;;;;;. The van der Waals surface area contributed by atoms with Crippen LogP contribution < -0.4 is 0 Å². The Labute approximate surface area is 195 Å². The van der Waals surface area contributed by atoms with E-state index in [0.717, 1.165) is 12.4 Å². The van der Waals surface area contributed by atoms with E-state index in [0.29, 0.717) is 0 Å². The monoisotopic (exact) mass is 664 g/mol. The first-order chi connectivity index (χ1) is 13.0. The number of amidine groups is 1. The van der Waals surface area contributed by atoms with Gasteiger partial charge in [-0.3, -0.25) is 9.69 Å². The SMILES string of the molecule is CC(=O)N(C)C.CC(O)N(C)C.CCN(C)C.CN(C)C.[Am].[CH2-]O/N=C(/C)N(C)C. The molecule has 0 spiro atoms.